The molecule has 9 heteroatoms. The lowest BCUT2D eigenvalue weighted by molar-refractivity contribution is -0.149. The van der Waals surface area contributed by atoms with Gasteiger partial charge in [-0.15, -0.1) is 13.2 Å². The van der Waals surface area contributed by atoms with Crippen molar-refractivity contribution in [3.8, 4) is 5.75 Å². The van der Waals surface area contributed by atoms with Gasteiger partial charge < -0.3 is 29.3 Å². The highest BCUT2D eigenvalue weighted by Gasteiger charge is 2.79. The summed E-state index contributed by atoms with van der Waals surface area (Å²) in [5, 5.41) is 10.8. The van der Waals surface area contributed by atoms with Gasteiger partial charge in [-0.1, -0.05) is 44.6 Å². The van der Waals surface area contributed by atoms with Gasteiger partial charge in [-0.3, -0.25) is 14.4 Å². The number of aliphatic hydroxyl groups is 1. The molecular formula is C39H51N3O6. The number of hydrogen-bond acceptors (Lipinski definition) is 6. The maximum absolute atomic E-state index is 15.1. The third-order valence-corrected chi connectivity index (χ3v) is 10.8. The van der Waals surface area contributed by atoms with Crippen LogP contribution < -0.4 is 14.5 Å². The van der Waals surface area contributed by atoms with Crippen LogP contribution in [0.4, 0.5) is 11.4 Å². The fourth-order valence-electron chi connectivity index (χ4n) is 8.29. The quantitative estimate of drug-likeness (QED) is 0.265. The molecule has 2 aromatic carbocycles. The summed E-state index contributed by atoms with van der Waals surface area (Å²) in [4.78, 5) is 49.8. The molecular weight excluding hydrogens is 606 g/mol. The Kier molecular flexibility index (Phi) is 10.2. The van der Waals surface area contributed by atoms with Gasteiger partial charge in [0, 0.05) is 24.5 Å². The Morgan fingerprint density at radius 1 is 1.06 bits per heavy atom. The standard InChI is InChI=1S/C39H51N3O6/c1-9-21-40(28-15-17-29(18-16-28)47-12-4)35(44)32-33-36(45)42(31(24-43)26(6)11-3)34(39(33)20-19-38(32,8)48-39)37(46)41(22-10-2)30-23-25(5)13-14-27(30)7/h9-10,13-18,23,26,31-34,43H,1-2,11-12,19-22,24H2,3-8H3/t26-,31-,32+,33-,34?,38-,39?/m0/s1. The van der Waals surface area contributed by atoms with E-state index in [4.69, 9.17) is 9.47 Å². The highest BCUT2D eigenvalue weighted by molar-refractivity contribution is 6.07. The van der Waals surface area contributed by atoms with E-state index in [0.717, 1.165) is 16.8 Å². The lowest BCUT2D eigenvalue weighted by atomic mass is 9.66. The third-order valence-electron chi connectivity index (χ3n) is 10.8. The van der Waals surface area contributed by atoms with Gasteiger partial charge in [-0.25, -0.2) is 0 Å². The molecule has 9 nitrogen and oxygen atoms in total. The molecule has 258 valence electrons. The van der Waals surface area contributed by atoms with Gasteiger partial charge in [-0.2, -0.15) is 0 Å². The molecule has 7 atom stereocenters. The first-order valence-corrected chi connectivity index (χ1v) is 17.2. The van der Waals surface area contributed by atoms with E-state index in [1.807, 2.05) is 84.0 Å². The molecule has 1 N–H and O–H groups in total. The largest absolute Gasteiger partial charge is 0.494 e. The van der Waals surface area contributed by atoms with E-state index in [-0.39, 0.29) is 43.3 Å². The molecule has 3 aliphatic heterocycles. The van der Waals surface area contributed by atoms with Crippen molar-refractivity contribution in [2.45, 2.75) is 84.1 Å². The normalized spacial score (nSPS) is 26.9. The van der Waals surface area contributed by atoms with Crippen molar-refractivity contribution in [1.29, 1.82) is 0 Å². The number of carbonyl (C=O) groups excluding carboxylic acids is 3. The summed E-state index contributed by atoms with van der Waals surface area (Å²) >= 11 is 0. The van der Waals surface area contributed by atoms with Gasteiger partial charge in [0.1, 0.15) is 17.4 Å². The Labute approximate surface area is 285 Å². The molecule has 3 amide bonds. The Morgan fingerprint density at radius 2 is 1.73 bits per heavy atom. The van der Waals surface area contributed by atoms with Crippen molar-refractivity contribution in [3.05, 3.63) is 78.9 Å². The molecule has 2 unspecified atom stereocenters. The van der Waals surface area contributed by atoms with Crippen molar-refractivity contribution in [3.63, 3.8) is 0 Å². The Morgan fingerprint density at radius 3 is 2.33 bits per heavy atom. The minimum Gasteiger partial charge on any atom is -0.494 e. The second kappa shape index (κ2) is 13.9. The number of amides is 3. The highest BCUT2D eigenvalue weighted by atomic mass is 16.5. The van der Waals surface area contributed by atoms with Crippen molar-refractivity contribution < 1.29 is 29.0 Å². The number of nitrogens with zero attached hydrogens (tertiary/aromatic N) is 3. The van der Waals surface area contributed by atoms with Crippen LogP contribution in [0.3, 0.4) is 0 Å². The lowest BCUT2D eigenvalue weighted by Crippen LogP contribution is -2.60. The monoisotopic (exact) mass is 657 g/mol. The Hall–Kier alpha value is -3.95. The SMILES string of the molecule is C=CCN(C(=O)[C@H]1[C@H]2C(=O)N([C@@H](CO)[C@@H](C)CC)C(C(=O)N(CC=C)c3cc(C)ccc3C)C23CC[C@]1(C)O3)c1ccc(OCC)cc1. The first kappa shape index (κ1) is 35.4. The molecule has 3 fully saturated rings. The average Bonchev–Trinajstić information content (AvgIpc) is 3.64. The smallest absolute Gasteiger partial charge is 0.253 e. The second-order valence-corrected chi connectivity index (χ2v) is 13.8. The van der Waals surface area contributed by atoms with E-state index in [1.54, 1.807) is 26.9 Å². The van der Waals surface area contributed by atoms with Crippen molar-refractivity contribution in [2.24, 2.45) is 17.8 Å². The van der Waals surface area contributed by atoms with Gasteiger partial charge in [0.2, 0.25) is 11.8 Å². The number of aryl methyl sites for hydroxylation is 2. The topological polar surface area (TPSA) is 99.6 Å². The van der Waals surface area contributed by atoms with E-state index in [1.165, 1.54) is 0 Å². The number of carbonyl (C=O) groups is 3. The van der Waals surface area contributed by atoms with Gasteiger partial charge in [-0.05, 0) is 87.9 Å². The molecule has 0 aromatic heterocycles. The van der Waals surface area contributed by atoms with Crippen molar-refractivity contribution in [1.82, 2.24) is 4.90 Å². The first-order chi connectivity index (χ1) is 22.9. The van der Waals surface area contributed by atoms with Crippen LogP contribution in [-0.2, 0) is 19.1 Å². The minimum atomic E-state index is -1.25. The molecule has 0 aliphatic carbocycles. The van der Waals surface area contributed by atoms with Crippen LogP contribution in [0.15, 0.2) is 67.8 Å². The molecule has 2 aromatic rings. The molecule has 3 aliphatic rings. The molecule has 0 radical (unpaired) electrons. The van der Waals surface area contributed by atoms with Gasteiger partial charge in [0.05, 0.1) is 36.7 Å². The maximum atomic E-state index is 15.1. The number of likely N-dealkylation sites (tertiary alicyclic amines) is 1. The lowest BCUT2D eigenvalue weighted by Gasteiger charge is -2.41. The van der Waals surface area contributed by atoms with Crippen LogP contribution in [0.25, 0.3) is 0 Å². The maximum Gasteiger partial charge on any atom is 0.253 e. The summed E-state index contributed by atoms with van der Waals surface area (Å²) in [7, 11) is 0. The van der Waals surface area contributed by atoms with Gasteiger partial charge in [0.15, 0.2) is 0 Å². The van der Waals surface area contributed by atoms with Crippen LogP contribution in [0, 0.1) is 31.6 Å². The van der Waals surface area contributed by atoms with E-state index in [0.29, 0.717) is 37.3 Å². The number of ether oxygens (including phenoxy) is 2. The fourth-order valence-corrected chi connectivity index (χ4v) is 8.29. The summed E-state index contributed by atoms with van der Waals surface area (Å²) in [6.07, 6.45) is 4.98. The zero-order valence-electron chi connectivity index (χ0n) is 29.3. The predicted molar refractivity (Wildman–Crippen MR) is 188 cm³/mol. The molecule has 48 heavy (non-hydrogen) atoms. The van der Waals surface area contributed by atoms with Gasteiger partial charge in [0.25, 0.3) is 5.91 Å². The summed E-state index contributed by atoms with van der Waals surface area (Å²) in [5.41, 5.74) is 1.07. The molecule has 3 heterocycles. The number of rotatable bonds is 14. The summed E-state index contributed by atoms with van der Waals surface area (Å²) in [5.74, 6) is -2.05. The molecule has 3 saturated heterocycles. The van der Waals surface area contributed by atoms with Crippen LogP contribution in [-0.4, -0.2) is 77.3 Å². The van der Waals surface area contributed by atoms with E-state index in [2.05, 4.69) is 13.2 Å². The minimum absolute atomic E-state index is 0.110. The zero-order chi connectivity index (χ0) is 35.0. The summed E-state index contributed by atoms with van der Waals surface area (Å²) in [6, 6.07) is 11.6. The number of anilines is 2. The number of fused-ring (bicyclic) bond motifs is 1. The fraction of sp³-hybridized carbons (Fsp3) is 0.513. The van der Waals surface area contributed by atoms with E-state index < -0.39 is 35.1 Å². The van der Waals surface area contributed by atoms with Crippen LogP contribution >= 0.6 is 0 Å². The zero-order valence-corrected chi connectivity index (χ0v) is 29.3. The molecule has 1 spiro atoms. The van der Waals surface area contributed by atoms with Crippen molar-refractivity contribution in [2.75, 3.05) is 36.1 Å². The highest BCUT2D eigenvalue weighted by Crippen LogP contribution is 2.64. The molecule has 2 bridgehead atoms. The second-order valence-electron chi connectivity index (χ2n) is 13.8. The average molecular weight is 658 g/mol. The number of hydrogen-bond donors (Lipinski definition) is 1. The number of benzene rings is 2. The summed E-state index contributed by atoms with van der Waals surface area (Å²) in [6.45, 7) is 20.2. The van der Waals surface area contributed by atoms with Gasteiger partial charge >= 0.3 is 0 Å². The Bertz CT molecular complexity index is 1560. The predicted octanol–water partition coefficient (Wildman–Crippen LogP) is 5.61. The van der Waals surface area contributed by atoms with Crippen LogP contribution in [0.5, 0.6) is 5.75 Å². The molecule has 0 saturated carbocycles. The third kappa shape index (κ3) is 5.75. The van der Waals surface area contributed by atoms with E-state index in [9.17, 15) is 14.7 Å². The summed E-state index contributed by atoms with van der Waals surface area (Å²) < 4.78 is 12.6. The van der Waals surface area contributed by atoms with Crippen molar-refractivity contribution >= 4 is 29.1 Å². The van der Waals surface area contributed by atoms with E-state index >= 15 is 4.79 Å². The molecule has 5 rings (SSSR count). The number of aliphatic hydroxyl groups excluding tert-OH is 1. The first-order valence-electron chi connectivity index (χ1n) is 17.2. The van der Waals surface area contributed by atoms with Crippen LogP contribution in [0.2, 0.25) is 0 Å². The van der Waals surface area contributed by atoms with Crippen LogP contribution in [0.1, 0.15) is 58.1 Å². The Balaban J connectivity index is 1.64.